The number of fused-ring (bicyclic) bond motifs is 2. The van der Waals surface area contributed by atoms with Crippen LogP contribution in [0.25, 0.3) is 0 Å². The fourth-order valence-electron chi connectivity index (χ4n) is 4.85. The van der Waals surface area contributed by atoms with E-state index in [9.17, 15) is 13.2 Å². The van der Waals surface area contributed by atoms with Crippen LogP contribution in [0.4, 0.5) is 0 Å². The molecule has 0 N–H and O–H groups in total. The highest BCUT2D eigenvalue weighted by molar-refractivity contribution is 7.89. The van der Waals surface area contributed by atoms with Crippen molar-refractivity contribution < 1.29 is 17.9 Å². The number of ether oxygens (including phenoxy) is 1. The normalized spacial score (nSPS) is 21.6. The zero-order chi connectivity index (χ0) is 22.3. The summed E-state index contributed by atoms with van der Waals surface area (Å²) in [5, 5.41) is 0. The fourth-order valence-corrected chi connectivity index (χ4v) is 6.90. The third kappa shape index (κ3) is 3.20. The largest absolute Gasteiger partial charge is 0.497 e. The summed E-state index contributed by atoms with van der Waals surface area (Å²) in [6.07, 6.45) is 0.554. The molecule has 2 aliphatic heterocycles. The number of benzene rings is 3. The molecule has 0 aromatic heterocycles. The van der Waals surface area contributed by atoms with Crippen LogP contribution in [0.3, 0.4) is 0 Å². The standard InChI is InChI=1S/C25H24N2O4S/c1-31-21-13-11-19(12-14-21)17-27-25(22-9-5-6-10-23(22)32(27,29)30)15-16-26(18-25)24(28)20-7-3-2-4-8-20/h2-14H,15-18H2,1H3. The molecule has 1 amide bonds. The van der Waals surface area contributed by atoms with Crippen LogP contribution in [-0.2, 0) is 22.1 Å². The minimum Gasteiger partial charge on any atom is -0.497 e. The SMILES string of the molecule is COc1ccc(CN2C3(CCN(C(=O)c4ccccc4)C3)c3ccccc3S2(=O)=O)cc1. The van der Waals surface area contributed by atoms with E-state index in [0.717, 1.165) is 16.9 Å². The summed E-state index contributed by atoms with van der Waals surface area (Å²) in [4.78, 5) is 15.2. The number of hydrogen-bond donors (Lipinski definition) is 0. The summed E-state index contributed by atoms with van der Waals surface area (Å²) in [5.74, 6) is 0.644. The van der Waals surface area contributed by atoms with Gasteiger partial charge in [0.2, 0.25) is 10.0 Å². The first-order valence-corrected chi connectivity index (χ1v) is 12.0. The van der Waals surface area contributed by atoms with Gasteiger partial charge in [0.1, 0.15) is 5.75 Å². The van der Waals surface area contributed by atoms with E-state index in [1.165, 1.54) is 0 Å². The molecule has 32 heavy (non-hydrogen) atoms. The van der Waals surface area contributed by atoms with Crippen LogP contribution in [0.15, 0.2) is 83.8 Å². The number of carbonyl (C=O) groups excluding carboxylic acids is 1. The molecule has 1 fully saturated rings. The highest BCUT2D eigenvalue weighted by Crippen LogP contribution is 2.50. The minimum absolute atomic E-state index is 0.0753. The zero-order valence-corrected chi connectivity index (χ0v) is 18.6. The van der Waals surface area contributed by atoms with Gasteiger partial charge in [0.15, 0.2) is 0 Å². The van der Waals surface area contributed by atoms with Crippen LogP contribution in [0, 0.1) is 0 Å². The van der Waals surface area contributed by atoms with Gasteiger partial charge in [-0.15, -0.1) is 0 Å². The van der Waals surface area contributed by atoms with Crippen molar-refractivity contribution >= 4 is 15.9 Å². The van der Waals surface area contributed by atoms with E-state index in [4.69, 9.17) is 4.74 Å². The van der Waals surface area contributed by atoms with Crippen LogP contribution in [0.5, 0.6) is 5.75 Å². The van der Waals surface area contributed by atoms with Gasteiger partial charge in [-0.25, -0.2) is 8.42 Å². The lowest BCUT2D eigenvalue weighted by Crippen LogP contribution is -2.46. The van der Waals surface area contributed by atoms with E-state index < -0.39 is 15.6 Å². The highest BCUT2D eigenvalue weighted by Gasteiger charge is 2.57. The Hall–Kier alpha value is -3.16. The van der Waals surface area contributed by atoms with Crippen LogP contribution in [0.1, 0.15) is 27.9 Å². The van der Waals surface area contributed by atoms with Crippen molar-refractivity contribution in [3.05, 3.63) is 95.6 Å². The predicted molar refractivity (Wildman–Crippen MR) is 121 cm³/mol. The quantitative estimate of drug-likeness (QED) is 0.611. The summed E-state index contributed by atoms with van der Waals surface area (Å²) >= 11 is 0. The molecule has 7 heteroatoms. The number of hydrogen-bond acceptors (Lipinski definition) is 4. The van der Waals surface area contributed by atoms with Crippen molar-refractivity contribution in [2.45, 2.75) is 23.4 Å². The molecule has 0 saturated carbocycles. The molecule has 164 valence electrons. The minimum atomic E-state index is -3.70. The van der Waals surface area contributed by atoms with Crippen molar-refractivity contribution in [1.29, 1.82) is 0 Å². The average molecular weight is 449 g/mol. The Bertz CT molecular complexity index is 1260. The first-order valence-electron chi connectivity index (χ1n) is 10.6. The van der Waals surface area contributed by atoms with E-state index in [1.54, 1.807) is 40.6 Å². The van der Waals surface area contributed by atoms with Crippen molar-refractivity contribution in [3.8, 4) is 5.75 Å². The van der Waals surface area contributed by atoms with Crippen molar-refractivity contribution in [3.63, 3.8) is 0 Å². The number of rotatable bonds is 4. The molecule has 0 aliphatic carbocycles. The third-order valence-electron chi connectivity index (χ3n) is 6.47. The first-order chi connectivity index (χ1) is 15.5. The molecule has 1 atom stereocenters. The lowest BCUT2D eigenvalue weighted by atomic mass is 9.88. The molecule has 0 bridgehead atoms. The van der Waals surface area contributed by atoms with E-state index in [-0.39, 0.29) is 12.5 Å². The molecule has 5 rings (SSSR count). The van der Waals surface area contributed by atoms with Gasteiger partial charge in [0.05, 0.1) is 17.5 Å². The Morgan fingerprint density at radius 2 is 1.66 bits per heavy atom. The molecule has 3 aromatic rings. The van der Waals surface area contributed by atoms with Crippen LogP contribution in [-0.4, -0.2) is 43.7 Å². The monoisotopic (exact) mass is 448 g/mol. The van der Waals surface area contributed by atoms with Gasteiger partial charge in [0, 0.05) is 25.2 Å². The van der Waals surface area contributed by atoms with Crippen molar-refractivity contribution in [1.82, 2.24) is 9.21 Å². The summed E-state index contributed by atoms with van der Waals surface area (Å²) in [6.45, 7) is 1.05. The molecule has 1 saturated heterocycles. The van der Waals surface area contributed by atoms with Crippen LogP contribution >= 0.6 is 0 Å². The molecule has 0 radical (unpaired) electrons. The highest BCUT2D eigenvalue weighted by atomic mass is 32.2. The van der Waals surface area contributed by atoms with E-state index in [1.807, 2.05) is 54.6 Å². The molecular weight excluding hydrogens is 424 g/mol. The van der Waals surface area contributed by atoms with Crippen LogP contribution < -0.4 is 4.74 Å². The number of sulfonamides is 1. The summed E-state index contributed by atoms with van der Waals surface area (Å²) in [7, 11) is -2.10. The molecule has 6 nitrogen and oxygen atoms in total. The molecular formula is C25H24N2O4S. The second kappa shape index (κ2) is 7.76. The smallest absolute Gasteiger partial charge is 0.253 e. The number of carbonyl (C=O) groups is 1. The third-order valence-corrected chi connectivity index (χ3v) is 8.45. The van der Waals surface area contributed by atoms with Gasteiger partial charge in [-0.05, 0) is 47.9 Å². The number of methoxy groups -OCH3 is 1. The second-order valence-electron chi connectivity index (χ2n) is 8.23. The van der Waals surface area contributed by atoms with Gasteiger partial charge in [-0.2, -0.15) is 4.31 Å². The van der Waals surface area contributed by atoms with E-state index in [0.29, 0.717) is 30.0 Å². The Morgan fingerprint density at radius 3 is 2.38 bits per heavy atom. The maximum atomic E-state index is 13.6. The zero-order valence-electron chi connectivity index (χ0n) is 17.8. The lowest BCUT2D eigenvalue weighted by molar-refractivity contribution is 0.0762. The van der Waals surface area contributed by atoms with Crippen molar-refractivity contribution in [2.75, 3.05) is 20.2 Å². The molecule has 3 aromatic carbocycles. The number of likely N-dealkylation sites (tertiary alicyclic amines) is 1. The summed E-state index contributed by atoms with van der Waals surface area (Å²) in [6, 6.07) is 23.7. The Labute approximate surface area is 188 Å². The van der Waals surface area contributed by atoms with E-state index >= 15 is 0 Å². The van der Waals surface area contributed by atoms with Gasteiger partial charge < -0.3 is 9.64 Å². The maximum absolute atomic E-state index is 13.6. The van der Waals surface area contributed by atoms with Gasteiger partial charge in [-0.1, -0.05) is 48.5 Å². The average Bonchev–Trinajstić information content (AvgIpc) is 3.35. The second-order valence-corrected chi connectivity index (χ2v) is 10.1. The Morgan fingerprint density at radius 1 is 0.969 bits per heavy atom. The molecule has 1 spiro atoms. The molecule has 2 heterocycles. The predicted octanol–water partition coefficient (Wildman–Crippen LogP) is 3.64. The fraction of sp³-hybridized carbons (Fsp3) is 0.240. The summed E-state index contributed by atoms with van der Waals surface area (Å²) in [5.41, 5.74) is 1.48. The molecule has 2 aliphatic rings. The van der Waals surface area contributed by atoms with Gasteiger partial charge in [-0.3, -0.25) is 4.79 Å². The number of nitrogens with zero attached hydrogens (tertiary/aromatic N) is 2. The first kappa shape index (κ1) is 20.7. The molecule has 1 unspecified atom stereocenters. The van der Waals surface area contributed by atoms with Gasteiger partial charge >= 0.3 is 0 Å². The van der Waals surface area contributed by atoms with Gasteiger partial charge in [0.25, 0.3) is 5.91 Å². The summed E-state index contributed by atoms with van der Waals surface area (Å²) < 4.78 is 34.1. The maximum Gasteiger partial charge on any atom is 0.253 e. The Balaban J connectivity index is 1.54. The Kier molecular flexibility index (Phi) is 5.03. The number of amides is 1. The van der Waals surface area contributed by atoms with Crippen molar-refractivity contribution in [2.24, 2.45) is 0 Å². The van der Waals surface area contributed by atoms with Crippen LogP contribution in [0.2, 0.25) is 0 Å². The topological polar surface area (TPSA) is 66.9 Å². The lowest BCUT2D eigenvalue weighted by Gasteiger charge is -2.34. The van der Waals surface area contributed by atoms with E-state index in [2.05, 4.69) is 0 Å².